The van der Waals surface area contributed by atoms with Crippen LogP contribution in [-0.4, -0.2) is 12.5 Å². The van der Waals surface area contributed by atoms with Gasteiger partial charge in [-0.05, 0) is 68.1 Å². The van der Waals surface area contributed by atoms with E-state index in [-0.39, 0.29) is 0 Å². The lowest BCUT2D eigenvalue weighted by Crippen LogP contribution is -2.55. The summed E-state index contributed by atoms with van der Waals surface area (Å²) >= 11 is 0. The number of carbonyl (C=O) groups is 1. The molecule has 0 heterocycles. The van der Waals surface area contributed by atoms with Gasteiger partial charge in [0.1, 0.15) is 0 Å². The molecule has 4 saturated carbocycles. The molecule has 1 atom stereocenters. The predicted molar refractivity (Wildman–Crippen MR) is 77.7 cm³/mol. The number of amides is 1. The third-order valence-corrected chi connectivity index (χ3v) is 6.19. The summed E-state index contributed by atoms with van der Waals surface area (Å²) in [5.74, 6) is 2.94. The molecule has 108 valence electrons. The van der Waals surface area contributed by atoms with Crippen LogP contribution in [0.2, 0.25) is 0 Å². The van der Waals surface area contributed by atoms with E-state index in [2.05, 4.69) is 12.2 Å². The minimum atomic E-state index is 0.463. The molecule has 4 aliphatic carbocycles. The Bertz CT molecular complexity index is 290. The van der Waals surface area contributed by atoms with Gasteiger partial charge in [-0.25, -0.2) is 0 Å². The van der Waals surface area contributed by atoms with Crippen molar-refractivity contribution >= 4 is 6.41 Å². The van der Waals surface area contributed by atoms with Crippen LogP contribution in [0.4, 0.5) is 0 Å². The molecular formula is C17H29NO. The fraction of sp³-hybridized carbons (Fsp3) is 0.941. The molecule has 1 N–H and O–H groups in total. The summed E-state index contributed by atoms with van der Waals surface area (Å²) in [5.41, 5.74) is 0.476. The molecule has 4 rings (SSSR count). The van der Waals surface area contributed by atoms with Crippen LogP contribution < -0.4 is 5.32 Å². The molecule has 1 amide bonds. The Kier molecular flexibility index (Phi) is 3.86. The Morgan fingerprint density at radius 3 is 2.16 bits per heavy atom. The van der Waals surface area contributed by atoms with Gasteiger partial charge in [-0.1, -0.05) is 26.2 Å². The van der Waals surface area contributed by atoms with Gasteiger partial charge >= 0.3 is 0 Å². The van der Waals surface area contributed by atoms with Gasteiger partial charge in [0.05, 0.1) is 0 Å². The van der Waals surface area contributed by atoms with Gasteiger partial charge in [0.15, 0.2) is 0 Å². The zero-order valence-electron chi connectivity index (χ0n) is 12.4. The topological polar surface area (TPSA) is 29.1 Å². The summed E-state index contributed by atoms with van der Waals surface area (Å²) in [7, 11) is 0. The molecule has 2 heteroatoms. The predicted octanol–water partition coefficient (Wildman–Crippen LogP) is 3.90. The fourth-order valence-corrected chi connectivity index (χ4v) is 5.85. The SMILES string of the molecule is CCCCCC(NC=O)C12CC3CC(CC(C3)C1)C2. The van der Waals surface area contributed by atoms with Crippen LogP contribution in [-0.2, 0) is 4.79 Å². The first-order chi connectivity index (χ1) is 9.25. The van der Waals surface area contributed by atoms with E-state index in [0.29, 0.717) is 11.5 Å². The third kappa shape index (κ3) is 2.55. The summed E-state index contributed by atoms with van der Waals surface area (Å²) < 4.78 is 0. The number of carbonyl (C=O) groups excluding carboxylic acids is 1. The lowest BCUT2D eigenvalue weighted by atomic mass is 9.47. The summed E-state index contributed by atoms with van der Waals surface area (Å²) in [6.07, 6.45) is 14.7. The van der Waals surface area contributed by atoms with Gasteiger partial charge in [0.2, 0.25) is 6.41 Å². The second kappa shape index (κ2) is 5.46. The molecule has 4 aliphatic rings. The molecule has 0 aromatic rings. The maximum Gasteiger partial charge on any atom is 0.207 e. The number of hydrogen-bond acceptors (Lipinski definition) is 1. The maximum atomic E-state index is 11.0. The van der Waals surface area contributed by atoms with Crippen LogP contribution in [0.1, 0.15) is 71.1 Å². The van der Waals surface area contributed by atoms with Gasteiger partial charge in [0, 0.05) is 6.04 Å². The van der Waals surface area contributed by atoms with E-state index in [0.717, 1.165) is 24.2 Å². The van der Waals surface area contributed by atoms with Crippen LogP contribution in [0.3, 0.4) is 0 Å². The molecule has 0 aromatic heterocycles. The lowest BCUT2D eigenvalue weighted by Gasteiger charge is -2.59. The standard InChI is InChI=1S/C17H29NO/c1-2-3-4-5-16(18-12-19)17-9-13-6-14(10-17)8-15(7-13)11-17/h12-16H,2-11H2,1H3,(H,18,19). The van der Waals surface area contributed by atoms with Crippen molar-refractivity contribution in [3.8, 4) is 0 Å². The normalized spacial score (nSPS) is 41.2. The Morgan fingerprint density at radius 1 is 1.11 bits per heavy atom. The van der Waals surface area contributed by atoms with E-state index < -0.39 is 0 Å². The second-order valence-electron chi connectivity index (χ2n) is 7.61. The molecule has 2 nitrogen and oxygen atoms in total. The van der Waals surface area contributed by atoms with Crippen LogP contribution in [0.5, 0.6) is 0 Å². The van der Waals surface area contributed by atoms with Gasteiger partial charge in [-0.15, -0.1) is 0 Å². The lowest BCUT2D eigenvalue weighted by molar-refractivity contribution is -0.115. The Morgan fingerprint density at radius 2 is 1.68 bits per heavy atom. The quantitative estimate of drug-likeness (QED) is 0.548. The molecule has 0 aromatic carbocycles. The third-order valence-electron chi connectivity index (χ3n) is 6.19. The van der Waals surface area contributed by atoms with E-state index in [1.807, 2.05) is 0 Å². The van der Waals surface area contributed by atoms with E-state index in [1.165, 1.54) is 64.2 Å². The van der Waals surface area contributed by atoms with E-state index in [4.69, 9.17) is 0 Å². The van der Waals surface area contributed by atoms with E-state index in [9.17, 15) is 4.79 Å². The molecule has 1 unspecified atom stereocenters. The first kappa shape index (κ1) is 13.5. The van der Waals surface area contributed by atoms with Gasteiger partial charge in [0.25, 0.3) is 0 Å². The minimum absolute atomic E-state index is 0.463. The van der Waals surface area contributed by atoms with Gasteiger partial charge in [-0.2, -0.15) is 0 Å². The van der Waals surface area contributed by atoms with Gasteiger partial charge in [-0.3, -0.25) is 4.79 Å². The van der Waals surface area contributed by atoms with Crippen molar-refractivity contribution in [1.82, 2.24) is 5.32 Å². The van der Waals surface area contributed by atoms with Crippen molar-refractivity contribution in [2.45, 2.75) is 77.2 Å². The minimum Gasteiger partial charge on any atom is -0.355 e. The Labute approximate surface area is 117 Å². The largest absolute Gasteiger partial charge is 0.355 e. The number of hydrogen-bond donors (Lipinski definition) is 1. The highest BCUT2D eigenvalue weighted by Gasteiger charge is 2.53. The maximum absolute atomic E-state index is 11.0. The highest BCUT2D eigenvalue weighted by atomic mass is 16.1. The van der Waals surface area contributed by atoms with Crippen LogP contribution >= 0.6 is 0 Å². The molecule has 0 saturated heterocycles. The molecular weight excluding hydrogens is 234 g/mol. The smallest absolute Gasteiger partial charge is 0.207 e. The van der Waals surface area contributed by atoms with Crippen molar-refractivity contribution in [1.29, 1.82) is 0 Å². The molecule has 0 radical (unpaired) electrons. The summed E-state index contributed by atoms with van der Waals surface area (Å²) in [4.78, 5) is 11.0. The van der Waals surface area contributed by atoms with Crippen LogP contribution in [0.25, 0.3) is 0 Å². The first-order valence-electron chi connectivity index (χ1n) is 8.45. The average molecular weight is 263 g/mol. The van der Waals surface area contributed by atoms with E-state index in [1.54, 1.807) is 0 Å². The second-order valence-corrected chi connectivity index (χ2v) is 7.61. The van der Waals surface area contributed by atoms with Crippen molar-refractivity contribution in [3.63, 3.8) is 0 Å². The number of rotatable bonds is 7. The summed E-state index contributed by atoms with van der Waals surface area (Å²) in [6.45, 7) is 2.26. The molecule has 0 spiro atoms. The highest BCUT2D eigenvalue weighted by molar-refractivity contribution is 5.47. The summed E-state index contributed by atoms with van der Waals surface area (Å²) in [6, 6.07) is 0.463. The Hall–Kier alpha value is -0.530. The van der Waals surface area contributed by atoms with Crippen molar-refractivity contribution in [2.24, 2.45) is 23.2 Å². The van der Waals surface area contributed by atoms with Crippen molar-refractivity contribution in [2.75, 3.05) is 0 Å². The Balaban J connectivity index is 1.71. The van der Waals surface area contributed by atoms with Crippen molar-refractivity contribution < 1.29 is 4.79 Å². The monoisotopic (exact) mass is 263 g/mol. The van der Waals surface area contributed by atoms with Crippen LogP contribution in [0.15, 0.2) is 0 Å². The molecule has 0 aliphatic heterocycles. The molecule has 19 heavy (non-hydrogen) atoms. The number of nitrogens with one attached hydrogen (secondary N) is 1. The van der Waals surface area contributed by atoms with Crippen molar-refractivity contribution in [3.05, 3.63) is 0 Å². The van der Waals surface area contributed by atoms with Crippen LogP contribution in [0, 0.1) is 23.2 Å². The average Bonchev–Trinajstić information content (AvgIpc) is 2.36. The summed E-state index contributed by atoms with van der Waals surface area (Å²) in [5, 5.41) is 3.22. The number of unbranched alkanes of at least 4 members (excludes halogenated alkanes) is 2. The van der Waals surface area contributed by atoms with E-state index >= 15 is 0 Å². The first-order valence-corrected chi connectivity index (χ1v) is 8.45. The van der Waals surface area contributed by atoms with Gasteiger partial charge < -0.3 is 5.32 Å². The highest BCUT2D eigenvalue weighted by Crippen LogP contribution is 2.61. The fourth-order valence-electron chi connectivity index (χ4n) is 5.85. The molecule has 4 bridgehead atoms. The zero-order valence-corrected chi connectivity index (χ0v) is 12.4. The zero-order chi connectivity index (χ0) is 13.3. The molecule has 4 fully saturated rings.